The Morgan fingerprint density at radius 3 is 2.93 bits per heavy atom. The van der Waals surface area contributed by atoms with Gasteiger partial charge in [-0.1, -0.05) is 18.7 Å². The first-order valence-electron chi connectivity index (χ1n) is 4.11. The maximum absolute atomic E-state index is 11.0. The van der Waals surface area contributed by atoms with Crippen LogP contribution in [0.5, 0.6) is 0 Å². The summed E-state index contributed by atoms with van der Waals surface area (Å²) in [5.41, 5.74) is 5.03. The van der Waals surface area contributed by atoms with Crippen molar-refractivity contribution in [2.24, 2.45) is 12.8 Å². The molecule has 1 aromatic rings. The minimum atomic E-state index is -0.234. The molecule has 0 amide bonds. The van der Waals surface area contributed by atoms with Crippen LogP contribution in [-0.2, 0) is 7.05 Å². The van der Waals surface area contributed by atoms with Crippen LogP contribution in [0.2, 0.25) is 0 Å². The monoisotopic (exact) mass is 215 g/mol. The number of rotatable bonds is 4. The second-order valence-electron chi connectivity index (χ2n) is 3.03. The zero-order valence-corrected chi connectivity index (χ0v) is 8.89. The largest absolute Gasteiger partial charge is 0.388 e. The number of H-pyrrole nitrogens is 1. The average Bonchev–Trinajstić information content (AvgIpc) is 2.34. The molecule has 1 atom stereocenters. The number of aromatic amines is 1. The predicted octanol–water partition coefficient (Wildman–Crippen LogP) is -0.0849. The van der Waals surface area contributed by atoms with Crippen LogP contribution in [0.3, 0.4) is 0 Å². The van der Waals surface area contributed by atoms with Gasteiger partial charge in [-0.15, -0.1) is 5.10 Å². The lowest BCUT2D eigenvalue weighted by atomic mass is 10.3. The number of nitrogens with zero attached hydrogens (tertiary/aromatic N) is 2. The third-order valence-electron chi connectivity index (χ3n) is 1.65. The highest BCUT2D eigenvalue weighted by atomic mass is 32.2. The van der Waals surface area contributed by atoms with Gasteiger partial charge < -0.3 is 5.73 Å². The van der Waals surface area contributed by atoms with Crippen molar-refractivity contribution in [2.45, 2.75) is 23.8 Å². The topological polar surface area (TPSA) is 101 Å². The molecule has 0 radical (unpaired) electrons. The van der Waals surface area contributed by atoms with E-state index in [2.05, 4.69) is 10.2 Å². The number of aromatic nitrogens is 3. The molecule has 7 heteroatoms. The molecular formula is C7H13N5OS. The van der Waals surface area contributed by atoms with Crippen molar-refractivity contribution in [3.63, 3.8) is 0 Å². The van der Waals surface area contributed by atoms with Gasteiger partial charge in [-0.05, 0) is 0 Å². The van der Waals surface area contributed by atoms with E-state index in [1.54, 1.807) is 7.05 Å². The Kier molecular flexibility index (Phi) is 3.34. The number of nitrogens with one attached hydrogen (secondary N) is 2. The van der Waals surface area contributed by atoms with Crippen LogP contribution in [0.1, 0.15) is 13.3 Å². The fourth-order valence-electron chi connectivity index (χ4n) is 0.969. The normalized spacial score (nSPS) is 12.7. The van der Waals surface area contributed by atoms with Gasteiger partial charge in [0.1, 0.15) is 0 Å². The van der Waals surface area contributed by atoms with Crippen LogP contribution < -0.4 is 11.4 Å². The summed E-state index contributed by atoms with van der Waals surface area (Å²) in [5, 5.41) is 14.1. The van der Waals surface area contributed by atoms with Gasteiger partial charge in [0, 0.05) is 18.7 Å². The summed E-state index contributed by atoms with van der Waals surface area (Å²) in [4.78, 5) is 11.0. The first-order valence-corrected chi connectivity index (χ1v) is 4.99. The highest BCUT2D eigenvalue weighted by Crippen LogP contribution is 2.20. The molecule has 4 N–H and O–H groups in total. The summed E-state index contributed by atoms with van der Waals surface area (Å²) in [7, 11) is 1.65. The number of hydrogen-bond acceptors (Lipinski definition) is 4. The summed E-state index contributed by atoms with van der Waals surface area (Å²) in [6.07, 6.45) is 0.492. The van der Waals surface area contributed by atoms with Gasteiger partial charge in [-0.3, -0.25) is 9.98 Å². The summed E-state index contributed by atoms with van der Waals surface area (Å²) < 4.78 is 1.43. The highest BCUT2D eigenvalue weighted by molar-refractivity contribution is 7.99. The Morgan fingerprint density at radius 2 is 2.50 bits per heavy atom. The van der Waals surface area contributed by atoms with Crippen molar-refractivity contribution in [2.75, 3.05) is 0 Å². The van der Waals surface area contributed by atoms with Crippen LogP contribution in [0.4, 0.5) is 0 Å². The van der Waals surface area contributed by atoms with E-state index in [-0.39, 0.29) is 16.8 Å². The Bertz CT molecular complexity index is 382. The van der Waals surface area contributed by atoms with Crippen LogP contribution in [0, 0.1) is 5.41 Å². The lowest BCUT2D eigenvalue weighted by Gasteiger charge is -2.07. The van der Waals surface area contributed by atoms with Gasteiger partial charge in [0.2, 0.25) is 0 Å². The van der Waals surface area contributed by atoms with Crippen molar-refractivity contribution in [1.29, 1.82) is 5.41 Å². The van der Waals surface area contributed by atoms with E-state index < -0.39 is 0 Å². The van der Waals surface area contributed by atoms with E-state index >= 15 is 0 Å². The second-order valence-corrected chi connectivity index (χ2v) is 4.43. The molecule has 14 heavy (non-hydrogen) atoms. The maximum Gasteiger partial charge on any atom is 0.343 e. The summed E-state index contributed by atoms with van der Waals surface area (Å²) in [6, 6.07) is 0. The molecule has 6 nitrogen and oxygen atoms in total. The lowest BCUT2D eigenvalue weighted by molar-refractivity contribution is 0.762. The fourth-order valence-corrected chi connectivity index (χ4v) is 1.93. The van der Waals surface area contributed by atoms with Crippen LogP contribution in [-0.4, -0.2) is 25.9 Å². The van der Waals surface area contributed by atoms with Gasteiger partial charge in [-0.25, -0.2) is 9.89 Å². The summed E-state index contributed by atoms with van der Waals surface area (Å²) in [6.45, 7) is 1.94. The Labute approximate surface area is 85.4 Å². The minimum absolute atomic E-state index is 0.140. The third-order valence-corrected chi connectivity index (χ3v) is 2.80. The zero-order chi connectivity index (χ0) is 10.7. The molecule has 78 valence electrons. The zero-order valence-electron chi connectivity index (χ0n) is 8.07. The number of thioether (sulfide) groups is 1. The van der Waals surface area contributed by atoms with Crippen molar-refractivity contribution in [1.82, 2.24) is 14.8 Å². The van der Waals surface area contributed by atoms with E-state index in [4.69, 9.17) is 11.1 Å². The van der Waals surface area contributed by atoms with E-state index in [1.807, 2.05) is 6.92 Å². The lowest BCUT2D eigenvalue weighted by Crippen LogP contribution is -2.16. The molecular weight excluding hydrogens is 202 g/mol. The quantitative estimate of drug-likeness (QED) is 0.371. The molecule has 0 fully saturated rings. The Balaban J connectivity index is 2.65. The van der Waals surface area contributed by atoms with Crippen LogP contribution >= 0.6 is 11.8 Å². The third kappa shape index (κ3) is 2.63. The molecule has 0 saturated carbocycles. The van der Waals surface area contributed by atoms with Crippen molar-refractivity contribution < 1.29 is 0 Å². The highest BCUT2D eigenvalue weighted by Gasteiger charge is 2.11. The first kappa shape index (κ1) is 10.8. The predicted molar refractivity (Wildman–Crippen MR) is 55.7 cm³/mol. The fraction of sp³-hybridized carbons (Fsp3) is 0.571. The van der Waals surface area contributed by atoms with Gasteiger partial charge in [0.15, 0.2) is 5.16 Å². The molecule has 0 aromatic carbocycles. The Hall–Kier alpha value is -1.24. The van der Waals surface area contributed by atoms with E-state index in [0.29, 0.717) is 11.6 Å². The maximum atomic E-state index is 11.0. The minimum Gasteiger partial charge on any atom is -0.388 e. The number of amidine groups is 1. The molecule has 1 heterocycles. The van der Waals surface area contributed by atoms with Crippen LogP contribution in [0.25, 0.3) is 0 Å². The summed E-state index contributed by atoms with van der Waals surface area (Å²) in [5.74, 6) is 0.144. The van der Waals surface area contributed by atoms with Crippen molar-refractivity contribution >= 4 is 17.6 Å². The van der Waals surface area contributed by atoms with E-state index in [1.165, 1.54) is 16.3 Å². The Morgan fingerprint density at radius 1 is 1.86 bits per heavy atom. The average molecular weight is 215 g/mol. The summed E-state index contributed by atoms with van der Waals surface area (Å²) >= 11 is 1.42. The number of nitrogens with two attached hydrogens (primary N) is 1. The van der Waals surface area contributed by atoms with Gasteiger partial charge in [0.05, 0.1) is 5.84 Å². The SMILES string of the molecule is CC(CC(=N)N)Sc1n[nH]c(=O)n1C. The standard InChI is InChI=1S/C7H13N5OS/c1-4(3-5(8)9)14-7-11-10-6(13)12(7)2/h4H,3H2,1-2H3,(H3,8,9)(H,10,13). The molecule has 0 aliphatic heterocycles. The first-order chi connectivity index (χ1) is 6.50. The molecule has 0 aliphatic carbocycles. The molecule has 0 aliphatic rings. The van der Waals surface area contributed by atoms with Gasteiger partial charge in [0.25, 0.3) is 0 Å². The van der Waals surface area contributed by atoms with Gasteiger partial charge >= 0.3 is 5.69 Å². The van der Waals surface area contributed by atoms with Crippen molar-refractivity contribution in [3.8, 4) is 0 Å². The molecule has 0 spiro atoms. The molecule has 0 saturated heterocycles. The van der Waals surface area contributed by atoms with Gasteiger partial charge in [-0.2, -0.15) is 0 Å². The molecule has 1 unspecified atom stereocenters. The van der Waals surface area contributed by atoms with Crippen molar-refractivity contribution in [3.05, 3.63) is 10.5 Å². The molecule has 1 aromatic heterocycles. The van der Waals surface area contributed by atoms with E-state index in [9.17, 15) is 4.79 Å². The van der Waals surface area contributed by atoms with Crippen LogP contribution in [0.15, 0.2) is 9.95 Å². The molecule has 0 bridgehead atoms. The second kappa shape index (κ2) is 4.32. The van der Waals surface area contributed by atoms with E-state index in [0.717, 1.165) is 0 Å². The number of hydrogen-bond donors (Lipinski definition) is 3. The smallest absolute Gasteiger partial charge is 0.343 e. The molecule has 1 rings (SSSR count).